The predicted octanol–water partition coefficient (Wildman–Crippen LogP) is 3.25. The van der Waals surface area contributed by atoms with Gasteiger partial charge in [0.1, 0.15) is 0 Å². The third-order valence-corrected chi connectivity index (χ3v) is 7.55. The van der Waals surface area contributed by atoms with Crippen molar-refractivity contribution in [2.75, 3.05) is 0 Å². The molecule has 2 heteroatoms. The maximum absolute atomic E-state index is 6.40. The molecule has 0 amide bonds. The van der Waals surface area contributed by atoms with Gasteiger partial charge in [-0.2, -0.15) is 11.1 Å². The highest BCUT2D eigenvalue weighted by Crippen LogP contribution is 2.38. The van der Waals surface area contributed by atoms with Crippen molar-refractivity contribution in [3.05, 3.63) is 24.3 Å². The predicted molar refractivity (Wildman–Crippen MR) is 54.7 cm³/mol. The first-order chi connectivity index (χ1) is 5.02. The lowest BCUT2D eigenvalue weighted by molar-refractivity contribution is 0.741. The summed E-state index contributed by atoms with van der Waals surface area (Å²) in [5.41, 5.74) is 0.566. The van der Waals surface area contributed by atoms with Gasteiger partial charge < -0.3 is 0 Å². The highest BCUT2D eigenvalue weighted by atomic mass is 35.6. The molecule has 1 aliphatic carbocycles. The van der Waals surface area contributed by atoms with Crippen molar-refractivity contribution in [1.82, 2.24) is 0 Å². The quantitative estimate of drug-likeness (QED) is 0.436. The lowest BCUT2D eigenvalue weighted by Gasteiger charge is -2.26. The first-order valence-corrected chi connectivity index (χ1v) is 7.00. The SMILES string of the molecule is CC(C)(C)[SiH](Cl)C1C=CC=C1. The van der Waals surface area contributed by atoms with Crippen LogP contribution in [0.2, 0.25) is 10.6 Å². The molecule has 0 radical (unpaired) electrons. The molecule has 0 aliphatic heterocycles. The zero-order chi connectivity index (χ0) is 8.48. The normalized spacial score (nSPS) is 21.1. The van der Waals surface area contributed by atoms with Crippen molar-refractivity contribution in [3.63, 3.8) is 0 Å². The summed E-state index contributed by atoms with van der Waals surface area (Å²) in [6.07, 6.45) is 8.63. The van der Waals surface area contributed by atoms with Gasteiger partial charge in [-0.3, -0.25) is 0 Å². The standard InChI is InChI=1S/C9H15ClSi/c1-9(2,3)11(10)8-6-4-5-7-8/h4-8,11H,1-3H3. The van der Waals surface area contributed by atoms with E-state index in [1.807, 2.05) is 0 Å². The third-order valence-electron chi connectivity index (χ3n) is 1.94. The summed E-state index contributed by atoms with van der Waals surface area (Å²) in [7, 11) is -1.14. The van der Waals surface area contributed by atoms with Crippen LogP contribution in [0, 0.1) is 0 Å². The second kappa shape index (κ2) is 3.16. The van der Waals surface area contributed by atoms with Crippen LogP contribution in [-0.4, -0.2) is 8.11 Å². The minimum atomic E-state index is -1.14. The Balaban J connectivity index is 2.61. The Labute approximate surface area is 75.3 Å². The first kappa shape index (κ1) is 9.08. The van der Waals surface area contributed by atoms with Crippen molar-refractivity contribution in [2.45, 2.75) is 31.4 Å². The molecule has 1 atom stereocenters. The van der Waals surface area contributed by atoms with Crippen LogP contribution in [0.25, 0.3) is 0 Å². The number of halogens is 1. The molecule has 0 saturated heterocycles. The number of hydrogen-bond donors (Lipinski definition) is 0. The molecule has 0 N–H and O–H groups in total. The summed E-state index contributed by atoms with van der Waals surface area (Å²) in [4.78, 5) is 0. The fraction of sp³-hybridized carbons (Fsp3) is 0.556. The highest BCUT2D eigenvalue weighted by Gasteiger charge is 2.30. The van der Waals surface area contributed by atoms with Gasteiger partial charge in [0.05, 0.1) is 0 Å². The Hall–Kier alpha value is -0.0131. The van der Waals surface area contributed by atoms with Crippen LogP contribution in [0.3, 0.4) is 0 Å². The lowest BCUT2D eigenvalue weighted by Crippen LogP contribution is -2.22. The molecule has 0 heterocycles. The monoisotopic (exact) mass is 186 g/mol. The second-order valence-corrected chi connectivity index (χ2v) is 8.83. The van der Waals surface area contributed by atoms with Crippen LogP contribution in [0.5, 0.6) is 0 Å². The Morgan fingerprint density at radius 3 is 2.00 bits per heavy atom. The van der Waals surface area contributed by atoms with Crippen molar-refractivity contribution in [3.8, 4) is 0 Å². The van der Waals surface area contributed by atoms with E-state index in [4.69, 9.17) is 11.1 Å². The Morgan fingerprint density at radius 2 is 1.64 bits per heavy atom. The van der Waals surface area contributed by atoms with Crippen LogP contribution < -0.4 is 0 Å². The van der Waals surface area contributed by atoms with Gasteiger partial charge in [0.25, 0.3) is 0 Å². The van der Waals surface area contributed by atoms with E-state index in [9.17, 15) is 0 Å². The molecular formula is C9H15ClSi. The van der Waals surface area contributed by atoms with Gasteiger partial charge in [-0.05, 0) is 5.04 Å². The average molecular weight is 187 g/mol. The molecule has 0 aromatic carbocycles. The fourth-order valence-electron chi connectivity index (χ4n) is 1.22. The van der Waals surface area contributed by atoms with Crippen molar-refractivity contribution in [1.29, 1.82) is 0 Å². The van der Waals surface area contributed by atoms with Gasteiger partial charge in [0.2, 0.25) is 0 Å². The molecule has 11 heavy (non-hydrogen) atoms. The molecule has 1 rings (SSSR count). The Bertz CT molecular complexity index is 176. The summed E-state index contributed by atoms with van der Waals surface area (Å²) in [6, 6.07) is 0. The molecule has 0 saturated carbocycles. The number of allylic oxidation sites excluding steroid dienone is 4. The maximum Gasteiger partial charge on any atom is 0.156 e. The van der Waals surface area contributed by atoms with Gasteiger partial charge in [0, 0.05) is 5.54 Å². The zero-order valence-corrected chi connectivity index (χ0v) is 9.25. The summed E-state index contributed by atoms with van der Waals surface area (Å²) in [5, 5.41) is 0.325. The molecular weight excluding hydrogens is 172 g/mol. The molecule has 1 unspecified atom stereocenters. The summed E-state index contributed by atoms with van der Waals surface area (Å²) >= 11 is 6.40. The smallest absolute Gasteiger partial charge is 0.156 e. The van der Waals surface area contributed by atoms with Gasteiger partial charge >= 0.3 is 0 Å². The van der Waals surface area contributed by atoms with E-state index in [0.29, 0.717) is 10.6 Å². The van der Waals surface area contributed by atoms with E-state index >= 15 is 0 Å². The number of hydrogen-bond acceptors (Lipinski definition) is 0. The molecule has 1 aliphatic rings. The lowest BCUT2D eigenvalue weighted by atomic mass is 10.2. The van der Waals surface area contributed by atoms with E-state index in [0.717, 1.165) is 0 Å². The molecule has 0 nitrogen and oxygen atoms in total. The molecule has 62 valence electrons. The fourth-order valence-corrected chi connectivity index (χ4v) is 3.53. The molecule has 0 aromatic heterocycles. The van der Waals surface area contributed by atoms with Crippen molar-refractivity contribution < 1.29 is 0 Å². The second-order valence-electron chi connectivity index (χ2n) is 4.11. The van der Waals surface area contributed by atoms with Crippen molar-refractivity contribution in [2.24, 2.45) is 0 Å². The minimum absolute atomic E-state index is 0.325. The van der Waals surface area contributed by atoms with Crippen LogP contribution in [-0.2, 0) is 0 Å². The van der Waals surface area contributed by atoms with Gasteiger partial charge in [0.15, 0.2) is 8.11 Å². The van der Waals surface area contributed by atoms with E-state index in [1.165, 1.54) is 0 Å². The van der Waals surface area contributed by atoms with E-state index in [1.54, 1.807) is 0 Å². The van der Waals surface area contributed by atoms with Gasteiger partial charge in [-0.25, -0.2) is 0 Å². The van der Waals surface area contributed by atoms with E-state index < -0.39 is 8.11 Å². The highest BCUT2D eigenvalue weighted by molar-refractivity contribution is 7.09. The topological polar surface area (TPSA) is 0 Å². The van der Waals surface area contributed by atoms with Crippen molar-refractivity contribution >= 4 is 19.2 Å². The first-order valence-electron chi connectivity index (χ1n) is 4.01. The van der Waals surface area contributed by atoms with Crippen LogP contribution in [0.1, 0.15) is 20.8 Å². The number of rotatable bonds is 1. The Morgan fingerprint density at radius 1 is 1.18 bits per heavy atom. The van der Waals surface area contributed by atoms with Crippen LogP contribution >= 0.6 is 11.1 Å². The van der Waals surface area contributed by atoms with Gasteiger partial charge in [-0.1, -0.05) is 45.1 Å². The molecule has 0 aromatic rings. The average Bonchev–Trinajstić information content (AvgIpc) is 2.34. The third kappa shape index (κ3) is 2.21. The van der Waals surface area contributed by atoms with Gasteiger partial charge in [-0.15, -0.1) is 0 Å². The molecule has 0 fully saturated rings. The van der Waals surface area contributed by atoms with Crippen LogP contribution in [0.4, 0.5) is 0 Å². The molecule has 0 spiro atoms. The molecule has 0 bridgehead atoms. The maximum atomic E-state index is 6.40. The minimum Gasteiger partial charge on any atom is -0.170 e. The largest absolute Gasteiger partial charge is 0.170 e. The van der Waals surface area contributed by atoms with Crippen LogP contribution in [0.15, 0.2) is 24.3 Å². The summed E-state index contributed by atoms with van der Waals surface area (Å²) < 4.78 is 0. The summed E-state index contributed by atoms with van der Waals surface area (Å²) in [5.74, 6) is 0. The van der Waals surface area contributed by atoms with E-state index in [-0.39, 0.29) is 0 Å². The zero-order valence-electron chi connectivity index (χ0n) is 7.34. The Kier molecular flexibility index (Phi) is 2.60. The van der Waals surface area contributed by atoms with E-state index in [2.05, 4.69) is 45.1 Å². The summed E-state index contributed by atoms with van der Waals surface area (Å²) in [6.45, 7) is 6.70.